The number of ether oxygens (including phenoxy) is 1. The molecule has 162 valence electrons. The molecule has 1 aliphatic heterocycles. The molecule has 0 bridgehead atoms. The second-order valence-electron chi connectivity index (χ2n) is 8.32. The number of amides is 1. The Morgan fingerprint density at radius 3 is 3.03 bits per heavy atom. The molecular formula is C23H27N5O2S. The molecule has 0 unspecified atom stereocenters. The Hall–Kier alpha value is -2.71. The number of nitrogens with one attached hydrogen (secondary N) is 1. The van der Waals surface area contributed by atoms with E-state index in [1.165, 1.54) is 24.1 Å². The smallest absolute Gasteiger partial charge is 0.272 e. The lowest BCUT2D eigenvalue weighted by atomic mass is 10.0. The van der Waals surface area contributed by atoms with Crippen LogP contribution in [0, 0.1) is 5.92 Å². The van der Waals surface area contributed by atoms with E-state index in [2.05, 4.69) is 32.0 Å². The zero-order chi connectivity index (χ0) is 21.2. The molecule has 1 saturated carbocycles. The highest BCUT2D eigenvalue weighted by Gasteiger charge is 2.31. The molecule has 2 aliphatic rings. The maximum Gasteiger partial charge on any atom is 0.272 e. The summed E-state index contributed by atoms with van der Waals surface area (Å²) in [6, 6.07) is 8.18. The average molecular weight is 438 g/mol. The number of benzene rings is 1. The molecule has 1 N–H and O–H groups in total. The van der Waals surface area contributed by atoms with Gasteiger partial charge in [0, 0.05) is 55.4 Å². The molecule has 1 amide bonds. The minimum Gasteiger partial charge on any atom is -0.497 e. The zero-order valence-electron chi connectivity index (χ0n) is 17.7. The molecule has 1 fully saturated rings. The van der Waals surface area contributed by atoms with Crippen LogP contribution in [0.1, 0.15) is 45.2 Å². The molecule has 3 aromatic rings. The number of thiazole rings is 1. The molecule has 3 heterocycles. The minimum absolute atomic E-state index is 0.107. The Bertz CT molecular complexity index is 1060. The van der Waals surface area contributed by atoms with Crippen LogP contribution in [-0.2, 0) is 32.6 Å². The number of nitrogens with zero attached hydrogens (tertiary/aromatic N) is 4. The number of methoxy groups -OCH3 is 1. The number of hydrogen-bond acceptors (Lipinski definition) is 6. The van der Waals surface area contributed by atoms with Gasteiger partial charge in [-0.05, 0) is 36.5 Å². The first-order valence-electron chi connectivity index (χ1n) is 10.8. The van der Waals surface area contributed by atoms with Crippen molar-refractivity contribution in [2.45, 2.75) is 45.4 Å². The highest BCUT2D eigenvalue weighted by Crippen LogP contribution is 2.33. The number of hydrogen-bond donors (Lipinski definition) is 1. The summed E-state index contributed by atoms with van der Waals surface area (Å²) in [6.07, 6.45) is 5.21. The van der Waals surface area contributed by atoms with E-state index < -0.39 is 0 Å². The van der Waals surface area contributed by atoms with E-state index in [0.717, 1.165) is 48.9 Å². The number of fused-ring (bicyclic) bond motifs is 1. The van der Waals surface area contributed by atoms with Crippen molar-refractivity contribution >= 4 is 17.2 Å². The molecule has 0 saturated heterocycles. The van der Waals surface area contributed by atoms with Crippen molar-refractivity contribution in [3.05, 3.63) is 63.4 Å². The monoisotopic (exact) mass is 437 g/mol. The van der Waals surface area contributed by atoms with Crippen molar-refractivity contribution < 1.29 is 9.53 Å². The summed E-state index contributed by atoms with van der Waals surface area (Å²) >= 11 is 1.55. The third-order valence-corrected chi connectivity index (χ3v) is 6.76. The van der Waals surface area contributed by atoms with E-state index in [-0.39, 0.29) is 5.91 Å². The van der Waals surface area contributed by atoms with Gasteiger partial charge in [0.2, 0.25) is 0 Å². The van der Waals surface area contributed by atoms with Gasteiger partial charge in [0.15, 0.2) is 5.69 Å². The molecule has 0 radical (unpaired) electrons. The lowest BCUT2D eigenvalue weighted by Crippen LogP contribution is -2.32. The Morgan fingerprint density at radius 2 is 2.26 bits per heavy atom. The van der Waals surface area contributed by atoms with Crippen LogP contribution in [0.25, 0.3) is 0 Å². The first-order valence-corrected chi connectivity index (χ1v) is 11.7. The second kappa shape index (κ2) is 8.80. The lowest BCUT2D eigenvalue weighted by molar-refractivity contribution is 0.0942. The van der Waals surface area contributed by atoms with Crippen molar-refractivity contribution in [1.82, 2.24) is 25.0 Å². The average Bonchev–Trinajstić information content (AvgIpc) is 3.31. The number of aromatic nitrogens is 3. The maximum atomic E-state index is 13.0. The van der Waals surface area contributed by atoms with Crippen molar-refractivity contribution in [2.24, 2.45) is 5.92 Å². The standard InChI is InChI=1S/C23H27N5O2S/c1-30-18-4-2-3-17(11-18)13-27-9-7-20-19(15-27)22(26-28(20)14-16-5-6-16)23(29)25-12-21-24-8-10-31-21/h2-4,8,10-11,16H,5-7,9,12-15H2,1H3,(H,25,29). The van der Waals surface area contributed by atoms with E-state index in [9.17, 15) is 4.79 Å². The predicted octanol–water partition coefficient (Wildman–Crippen LogP) is 3.25. The van der Waals surface area contributed by atoms with E-state index in [1.807, 2.05) is 17.5 Å². The van der Waals surface area contributed by atoms with Gasteiger partial charge in [-0.15, -0.1) is 11.3 Å². The van der Waals surface area contributed by atoms with Gasteiger partial charge in [0.1, 0.15) is 10.8 Å². The molecule has 8 heteroatoms. The molecule has 0 atom stereocenters. The molecule has 31 heavy (non-hydrogen) atoms. The summed E-state index contributed by atoms with van der Waals surface area (Å²) in [5, 5.41) is 10.6. The molecular weight excluding hydrogens is 410 g/mol. The van der Waals surface area contributed by atoms with Crippen LogP contribution in [0.3, 0.4) is 0 Å². The third-order valence-electron chi connectivity index (χ3n) is 5.98. The molecule has 7 nitrogen and oxygen atoms in total. The van der Waals surface area contributed by atoms with Crippen molar-refractivity contribution in [2.75, 3.05) is 13.7 Å². The normalized spacial score (nSPS) is 16.2. The third kappa shape index (κ3) is 4.65. The summed E-state index contributed by atoms with van der Waals surface area (Å²) in [5.41, 5.74) is 4.09. The van der Waals surface area contributed by atoms with Gasteiger partial charge >= 0.3 is 0 Å². The van der Waals surface area contributed by atoms with Crippen LogP contribution in [-0.4, -0.2) is 39.2 Å². The maximum absolute atomic E-state index is 13.0. The quantitative estimate of drug-likeness (QED) is 0.586. The van der Waals surface area contributed by atoms with Crippen LogP contribution in [0.15, 0.2) is 35.8 Å². The topological polar surface area (TPSA) is 72.3 Å². The highest BCUT2D eigenvalue weighted by atomic mass is 32.1. The summed E-state index contributed by atoms with van der Waals surface area (Å²) in [5.74, 6) is 1.48. The summed E-state index contributed by atoms with van der Waals surface area (Å²) in [7, 11) is 1.69. The summed E-state index contributed by atoms with van der Waals surface area (Å²) in [6.45, 7) is 3.88. The fourth-order valence-corrected chi connectivity index (χ4v) is 4.72. The van der Waals surface area contributed by atoms with Gasteiger partial charge < -0.3 is 10.1 Å². The van der Waals surface area contributed by atoms with Gasteiger partial charge in [-0.3, -0.25) is 14.4 Å². The lowest BCUT2D eigenvalue weighted by Gasteiger charge is -2.28. The van der Waals surface area contributed by atoms with Gasteiger partial charge in [-0.2, -0.15) is 5.10 Å². The largest absolute Gasteiger partial charge is 0.497 e. The first kappa shape index (κ1) is 20.2. The summed E-state index contributed by atoms with van der Waals surface area (Å²) in [4.78, 5) is 19.7. The summed E-state index contributed by atoms with van der Waals surface area (Å²) < 4.78 is 7.47. The number of carbonyl (C=O) groups excluding carboxylic acids is 1. The van der Waals surface area contributed by atoms with Crippen LogP contribution in [0.4, 0.5) is 0 Å². The zero-order valence-corrected chi connectivity index (χ0v) is 18.5. The van der Waals surface area contributed by atoms with Gasteiger partial charge in [-0.25, -0.2) is 4.98 Å². The molecule has 1 aliphatic carbocycles. The number of rotatable bonds is 8. The second-order valence-corrected chi connectivity index (χ2v) is 9.30. The van der Waals surface area contributed by atoms with Gasteiger partial charge in [0.05, 0.1) is 13.7 Å². The van der Waals surface area contributed by atoms with Gasteiger partial charge in [-0.1, -0.05) is 12.1 Å². The van der Waals surface area contributed by atoms with Crippen LogP contribution >= 0.6 is 11.3 Å². The number of carbonyl (C=O) groups is 1. The van der Waals surface area contributed by atoms with Gasteiger partial charge in [0.25, 0.3) is 5.91 Å². The van der Waals surface area contributed by atoms with E-state index in [0.29, 0.717) is 18.2 Å². The van der Waals surface area contributed by atoms with Crippen molar-refractivity contribution in [3.63, 3.8) is 0 Å². The van der Waals surface area contributed by atoms with Crippen molar-refractivity contribution in [1.29, 1.82) is 0 Å². The Morgan fingerprint density at radius 1 is 1.35 bits per heavy atom. The fourth-order valence-electron chi connectivity index (χ4n) is 4.17. The molecule has 2 aromatic heterocycles. The van der Waals surface area contributed by atoms with Crippen molar-refractivity contribution in [3.8, 4) is 5.75 Å². The molecule has 1 aromatic carbocycles. The molecule has 5 rings (SSSR count). The van der Waals surface area contributed by atoms with E-state index in [4.69, 9.17) is 9.84 Å². The van der Waals surface area contributed by atoms with Crippen LogP contribution in [0.2, 0.25) is 0 Å². The predicted molar refractivity (Wildman–Crippen MR) is 119 cm³/mol. The first-order chi connectivity index (χ1) is 15.2. The minimum atomic E-state index is -0.107. The Balaban J connectivity index is 1.35. The Kier molecular flexibility index (Phi) is 5.74. The van der Waals surface area contributed by atoms with Crippen LogP contribution < -0.4 is 10.1 Å². The Labute approximate surface area is 186 Å². The highest BCUT2D eigenvalue weighted by molar-refractivity contribution is 7.09. The fraction of sp³-hybridized carbons (Fsp3) is 0.435. The SMILES string of the molecule is COc1cccc(CN2CCc3c(c(C(=O)NCc4nccs4)nn3CC3CC3)C2)c1. The van der Waals surface area contributed by atoms with E-state index >= 15 is 0 Å². The molecule has 0 spiro atoms. The van der Waals surface area contributed by atoms with E-state index in [1.54, 1.807) is 24.6 Å². The van der Waals surface area contributed by atoms with Crippen LogP contribution in [0.5, 0.6) is 5.75 Å².